The van der Waals surface area contributed by atoms with Gasteiger partial charge in [-0.05, 0) is 49.9 Å². The van der Waals surface area contributed by atoms with E-state index in [1.165, 1.54) is 0 Å². The van der Waals surface area contributed by atoms with Gasteiger partial charge in [0.15, 0.2) is 0 Å². The first-order valence-corrected chi connectivity index (χ1v) is 8.86. The minimum absolute atomic E-state index is 0.223. The normalized spacial score (nSPS) is 17.8. The Morgan fingerprint density at radius 3 is 2.88 bits per heavy atom. The lowest BCUT2D eigenvalue weighted by Crippen LogP contribution is -2.32. The number of aryl methyl sites for hydroxylation is 1. The summed E-state index contributed by atoms with van der Waals surface area (Å²) in [5, 5.41) is 3.50. The Bertz CT molecular complexity index is 674. The van der Waals surface area contributed by atoms with Gasteiger partial charge in [0, 0.05) is 37.4 Å². The van der Waals surface area contributed by atoms with E-state index in [1.807, 2.05) is 29.2 Å². The number of pyridine rings is 2. The largest absolute Gasteiger partial charge is 0.384 e. The third-order valence-electron chi connectivity index (χ3n) is 4.56. The predicted molar refractivity (Wildman–Crippen MR) is 99.0 cm³/mol. The number of carbonyl (C=O) groups excluding carboxylic acids is 1. The Labute approximate surface area is 148 Å². The molecule has 25 heavy (non-hydrogen) atoms. The number of nitrogens with zero attached hydrogens (tertiary/aromatic N) is 3. The number of aromatic nitrogens is 2. The van der Waals surface area contributed by atoms with E-state index in [4.69, 9.17) is 5.73 Å². The lowest BCUT2D eigenvalue weighted by atomic mass is 10.1. The van der Waals surface area contributed by atoms with Crippen molar-refractivity contribution in [3.63, 3.8) is 0 Å². The molecule has 1 saturated heterocycles. The zero-order valence-corrected chi connectivity index (χ0v) is 14.4. The van der Waals surface area contributed by atoms with E-state index < -0.39 is 0 Å². The molecule has 0 spiro atoms. The summed E-state index contributed by atoms with van der Waals surface area (Å²) in [6.07, 6.45) is 7.76. The second-order valence-electron chi connectivity index (χ2n) is 6.45. The molecule has 1 unspecified atom stereocenters. The van der Waals surface area contributed by atoms with E-state index in [9.17, 15) is 4.79 Å². The fourth-order valence-electron chi connectivity index (χ4n) is 3.16. The van der Waals surface area contributed by atoms with Crippen LogP contribution in [0.2, 0.25) is 0 Å². The zero-order chi connectivity index (χ0) is 17.5. The van der Waals surface area contributed by atoms with Crippen molar-refractivity contribution in [2.45, 2.75) is 38.1 Å². The smallest absolute Gasteiger partial charge is 0.222 e. The molecule has 132 valence electrons. The molecule has 3 rings (SSSR count). The minimum atomic E-state index is 0.223. The maximum Gasteiger partial charge on any atom is 0.222 e. The second-order valence-corrected chi connectivity index (χ2v) is 6.45. The second kappa shape index (κ2) is 8.46. The van der Waals surface area contributed by atoms with Gasteiger partial charge in [0.05, 0.1) is 11.9 Å². The van der Waals surface area contributed by atoms with Crippen LogP contribution in [-0.4, -0.2) is 39.9 Å². The number of nitrogens with two attached hydrogens (primary N) is 1. The molecule has 1 amide bonds. The third-order valence-corrected chi connectivity index (χ3v) is 4.56. The summed E-state index contributed by atoms with van der Waals surface area (Å²) in [4.78, 5) is 22.9. The molecule has 0 bridgehead atoms. The van der Waals surface area contributed by atoms with Crippen molar-refractivity contribution < 1.29 is 4.79 Å². The molecule has 2 aromatic rings. The van der Waals surface area contributed by atoms with Crippen molar-refractivity contribution in [2.75, 3.05) is 24.1 Å². The highest BCUT2D eigenvalue weighted by Gasteiger charge is 2.20. The van der Waals surface area contributed by atoms with Crippen LogP contribution in [-0.2, 0) is 11.2 Å². The van der Waals surface area contributed by atoms with Crippen molar-refractivity contribution >= 4 is 17.4 Å². The van der Waals surface area contributed by atoms with E-state index in [0.717, 1.165) is 43.7 Å². The lowest BCUT2D eigenvalue weighted by molar-refractivity contribution is -0.131. The van der Waals surface area contributed by atoms with Crippen LogP contribution in [0.4, 0.5) is 11.5 Å². The van der Waals surface area contributed by atoms with Gasteiger partial charge in [-0.1, -0.05) is 6.07 Å². The van der Waals surface area contributed by atoms with Gasteiger partial charge >= 0.3 is 0 Å². The van der Waals surface area contributed by atoms with Crippen molar-refractivity contribution in [1.82, 2.24) is 14.9 Å². The Balaban J connectivity index is 1.47. The van der Waals surface area contributed by atoms with Crippen molar-refractivity contribution in [3.05, 3.63) is 48.4 Å². The maximum absolute atomic E-state index is 12.5. The Hall–Kier alpha value is -2.63. The molecule has 0 aromatic carbocycles. The van der Waals surface area contributed by atoms with Gasteiger partial charge in [0.1, 0.15) is 5.82 Å². The number of carbonyl (C=O) groups is 1. The average Bonchev–Trinajstić information content (AvgIpc) is 2.88. The zero-order valence-electron chi connectivity index (χ0n) is 14.4. The SMILES string of the molecule is Nc1ccc(NC2CCCN(C(=O)CCc3ccccn3)CC2)cn1. The molecular formula is C19H25N5O. The molecule has 1 aliphatic rings. The van der Waals surface area contributed by atoms with Crippen LogP contribution in [0.5, 0.6) is 0 Å². The Morgan fingerprint density at radius 2 is 2.12 bits per heavy atom. The third kappa shape index (κ3) is 5.17. The predicted octanol–water partition coefficient (Wildman–Crippen LogP) is 2.48. The fourth-order valence-corrected chi connectivity index (χ4v) is 3.16. The highest BCUT2D eigenvalue weighted by Crippen LogP contribution is 2.17. The topological polar surface area (TPSA) is 84.1 Å². The molecule has 3 heterocycles. The lowest BCUT2D eigenvalue weighted by Gasteiger charge is -2.21. The van der Waals surface area contributed by atoms with Gasteiger partial charge in [0.2, 0.25) is 5.91 Å². The molecular weight excluding hydrogens is 314 g/mol. The Kier molecular flexibility index (Phi) is 5.82. The molecule has 1 atom stereocenters. The van der Waals surface area contributed by atoms with E-state index in [0.29, 0.717) is 24.7 Å². The van der Waals surface area contributed by atoms with Crippen LogP contribution in [0.15, 0.2) is 42.7 Å². The van der Waals surface area contributed by atoms with Crippen LogP contribution in [0.3, 0.4) is 0 Å². The number of nitrogens with one attached hydrogen (secondary N) is 1. The first-order valence-electron chi connectivity index (χ1n) is 8.86. The number of anilines is 2. The molecule has 0 radical (unpaired) electrons. The van der Waals surface area contributed by atoms with E-state index in [1.54, 1.807) is 18.5 Å². The van der Waals surface area contributed by atoms with Gasteiger partial charge in [0.25, 0.3) is 0 Å². The van der Waals surface area contributed by atoms with E-state index >= 15 is 0 Å². The number of rotatable bonds is 5. The monoisotopic (exact) mass is 339 g/mol. The highest BCUT2D eigenvalue weighted by atomic mass is 16.2. The van der Waals surface area contributed by atoms with Crippen LogP contribution in [0.1, 0.15) is 31.4 Å². The van der Waals surface area contributed by atoms with Crippen molar-refractivity contribution in [2.24, 2.45) is 0 Å². The van der Waals surface area contributed by atoms with Crippen molar-refractivity contribution in [1.29, 1.82) is 0 Å². The maximum atomic E-state index is 12.5. The first kappa shape index (κ1) is 17.2. The molecule has 1 fully saturated rings. The summed E-state index contributed by atoms with van der Waals surface area (Å²) in [5.41, 5.74) is 7.57. The van der Waals surface area contributed by atoms with Crippen LogP contribution >= 0.6 is 0 Å². The summed E-state index contributed by atoms with van der Waals surface area (Å²) in [6.45, 7) is 1.63. The fraction of sp³-hybridized carbons (Fsp3) is 0.421. The first-order chi connectivity index (χ1) is 12.2. The molecule has 2 aromatic heterocycles. The number of amides is 1. The molecule has 6 heteroatoms. The van der Waals surface area contributed by atoms with Crippen LogP contribution in [0, 0.1) is 0 Å². The molecule has 6 nitrogen and oxygen atoms in total. The van der Waals surface area contributed by atoms with Gasteiger partial charge in [-0.3, -0.25) is 9.78 Å². The van der Waals surface area contributed by atoms with Gasteiger partial charge < -0.3 is 16.0 Å². The van der Waals surface area contributed by atoms with Gasteiger partial charge in [-0.25, -0.2) is 4.98 Å². The van der Waals surface area contributed by atoms with Gasteiger partial charge in [-0.2, -0.15) is 0 Å². The Morgan fingerprint density at radius 1 is 1.20 bits per heavy atom. The van der Waals surface area contributed by atoms with Crippen molar-refractivity contribution in [3.8, 4) is 0 Å². The van der Waals surface area contributed by atoms with E-state index in [2.05, 4.69) is 15.3 Å². The van der Waals surface area contributed by atoms with Gasteiger partial charge in [-0.15, -0.1) is 0 Å². The summed E-state index contributed by atoms with van der Waals surface area (Å²) < 4.78 is 0. The number of hydrogen-bond donors (Lipinski definition) is 2. The van der Waals surface area contributed by atoms with E-state index in [-0.39, 0.29) is 5.91 Å². The standard InChI is InChI=1S/C19H25N5O/c20-18-8-6-17(14-22-18)23-16-5-3-12-24(13-10-16)19(25)9-7-15-4-1-2-11-21-15/h1-2,4,6,8,11,14,16,23H,3,5,7,9-10,12-13H2,(H2,20,22). The quantitative estimate of drug-likeness (QED) is 0.874. The molecule has 0 saturated carbocycles. The summed E-state index contributed by atoms with van der Waals surface area (Å²) in [6, 6.07) is 9.93. The summed E-state index contributed by atoms with van der Waals surface area (Å²) >= 11 is 0. The average molecular weight is 339 g/mol. The minimum Gasteiger partial charge on any atom is -0.384 e. The number of nitrogen functional groups attached to an aromatic ring is 1. The number of likely N-dealkylation sites (tertiary alicyclic amines) is 1. The summed E-state index contributed by atoms with van der Waals surface area (Å²) in [7, 11) is 0. The highest BCUT2D eigenvalue weighted by molar-refractivity contribution is 5.76. The molecule has 0 aliphatic carbocycles. The molecule has 3 N–H and O–H groups in total. The summed E-state index contributed by atoms with van der Waals surface area (Å²) in [5.74, 6) is 0.747. The van der Waals surface area contributed by atoms with Crippen LogP contribution < -0.4 is 11.1 Å². The van der Waals surface area contributed by atoms with Crippen LogP contribution in [0.25, 0.3) is 0 Å². The molecule has 1 aliphatic heterocycles. The number of hydrogen-bond acceptors (Lipinski definition) is 5.